The van der Waals surface area contributed by atoms with Crippen molar-refractivity contribution in [1.82, 2.24) is 0 Å². The first-order chi connectivity index (χ1) is 9.36. The van der Waals surface area contributed by atoms with Crippen molar-refractivity contribution in [3.63, 3.8) is 0 Å². The van der Waals surface area contributed by atoms with Crippen molar-refractivity contribution in [3.8, 4) is 5.75 Å². The van der Waals surface area contributed by atoms with Crippen molar-refractivity contribution in [2.24, 2.45) is 5.92 Å². The van der Waals surface area contributed by atoms with Crippen LogP contribution in [0.25, 0.3) is 0 Å². The average molecular weight is 278 g/mol. The van der Waals surface area contributed by atoms with Crippen molar-refractivity contribution in [3.05, 3.63) is 28.8 Å². The number of benzene rings is 1. The Morgan fingerprint density at radius 2 is 1.90 bits per heavy atom. The van der Waals surface area contributed by atoms with Crippen LogP contribution in [0.15, 0.2) is 12.1 Å². The van der Waals surface area contributed by atoms with Gasteiger partial charge in [0.05, 0.1) is 0 Å². The van der Waals surface area contributed by atoms with E-state index < -0.39 is 5.97 Å². The Kier molecular flexibility index (Phi) is 6.05. The molecule has 1 unspecified atom stereocenters. The van der Waals surface area contributed by atoms with Crippen LogP contribution in [-0.4, -0.2) is 16.2 Å². The molecule has 3 heteroatoms. The van der Waals surface area contributed by atoms with Crippen molar-refractivity contribution in [2.45, 2.75) is 59.3 Å². The number of aromatic hydroxyl groups is 1. The van der Waals surface area contributed by atoms with Crippen LogP contribution in [0.4, 0.5) is 0 Å². The first kappa shape index (κ1) is 16.5. The Morgan fingerprint density at radius 1 is 1.25 bits per heavy atom. The van der Waals surface area contributed by atoms with Crippen LogP contribution in [0.2, 0.25) is 0 Å². The highest BCUT2D eigenvalue weighted by Crippen LogP contribution is 2.33. The second kappa shape index (κ2) is 7.32. The molecule has 20 heavy (non-hydrogen) atoms. The zero-order valence-electron chi connectivity index (χ0n) is 12.9. The van der Waals surface area contributed by atoms with Gasteiger partial charge >= 0.3 is 5.97 Å². The molecule has 1 aromatic carbocycles. The highest BCUT2D eigenvalue weighted by molar-refractivity contribution is 5.91. The minimum atomic E-state index is -1.06. The molecule has 0 aliphatic heterocycles. The lowest BCUT2D eigenvalue weighted by atomic mass is 9.91. The third kappa shape index (κ3) is 4.26. The molecule has 1 aromatic rings. The van der Waals surface area contributed by atoms with Gasteiger partial charge < -0.3 is 10.2 Å². The van der Waals surface area contributed by atoms with E-state index >= 15 is 0 Å². The molecule has 112 valence electrons. The van der Waals surface area contributed by atoms with Crippen LogP contribution in [-0.2, 0) is 6.42 Å². The van der Waals surface area contributed by atoms with Gasteiger partial charge in [0.2, 0.25) is 0 Å². The highest BCUT2D eigenvalue weighted by Gasteiger charge is 2.18. The lowest BCUT2D eigenvalue weighted by Gasteiger charge is -2.15. The number of phenols is 1. The summed E-state index contributed by atoms with van der Waals surface area (Å²) in [5.74, 6) is -0.310. The second-order valence-electron chi connectivity index (χ2n) is 5.98. The molecule has 0 radical (unpaired) electrons. The summed E-state index contributed by atoms with van der Waals surface area (Å²) >= 11 is 0. The molecule has 0 saturated carbocycles. The first-order valence-corrected chi connectivity index (χ1v) is 7.45. The molecular weight excluding hydrogens is 252 g/mol. The summed E-state index contributed by atoms with van der Waals surface area (Å²) in [6.07, 6.45) is 3.91. The molecular formula is C17H26O3. The quantitative estimate of drug-likeness (QED) is 0.767. The summed E-state index contributed by atoms with van der Waals surface area (Å²) in [5.41, 5.74) is 1.80. The maximum absolute atomic E-state index is 11.3. The third-order valence-electron chi connectivity index (χ3n) is 3.82. The Bertz CT molecular complexity index is 464. The monoisotopic (exact) mass is 278 g/mol. The molecule has 0 amide bonds. The third-order valence-corrected chi connectivity index (χ3v) is 3.82. The van der Waals surface area contributed by atoms with Crippen molar-refractivity contribution < 1.29 is 15.0 Å². The molecule has 0 aliphatic carbocycles. The lowest BCUT2D eigenvalue weighted by Crippen LogP contribution is -2.04. The van der Waals surface area contributed by atoms with Crippen LogP contribution in [0, 0.1) is 5.92 Å². The number of carbonyl (C=O) groups is 1. The molecule has 0 bridgehead atoms. The molecule has 0 fully saturated rings. The van der Waals surface area contributed by atoms with Gasteiger partial charge in [0.1, 0.15) is 11.3 Å². The van der Waals surface area contributed by atoms with Gasteiger partial charge in [-0.05, 0) is 48.3 Å². The van der Waals surface area contributed by atoms with Gasteiger partial charge in [0.25, 0.3) is 0 Å². The van der Waals surface area contributed by atoms with Crippen molar-refractivity contribution >= 4 is 5.97 Å². The highest BCUT2D eigenvalue weighted by atomic mass is 16.4. The van der Waals surface area contributed by atoms with Crippen LogP contribution in [0.3, 0.4) is 0 Å². The van der Waals surface area contributed by atoms with Crippen molar-refractivity contribution in [1.29, 1.82) is 0 Å². The number of aromatic carboxylic acids is 1. The fraction of sp³-hybridized carbons (Fsp3) is 0.588. The smallest absolute Gasteiger partial charge is 0.339 e. The summed E-state index contributed by atoms with van der Waals surface area (Å²) in [4.78, 5) is 11.3. The zero-order chi connectivity index (χ0) is 15.3. The maximum atomic E-state index is 11.3. The van der Waals surface area contributed by atoms with E-state index in [2.05, 4.69) is 13.8 Å². The SMILES string of the molecule is CCC(C)c1cc(CCCC(C)C)cc(C(=O)O)c1O. The van der Waals surface area contributed by atoms with Gasteiger partial charge in [-0.15, -0.1) is 0 Å². The topological polar surface area (TPSA) is 57.5 Å². The molecule has 3 nitrogen and oxygen atoms in total. The molecule has 0 aromatic heterocycles. The van der Waals surface area contributed by atoms with E-state index in [1.807, 2.05) is 19.9 Å². The zero-order valence-corrected chi connectivity index (χ0v) is 12.9. The van der Waals surface area contributed by atoms with Gasteiger partial charge in [-0.3, -0.25) is 0 Å². The predicted octanol–water partition coefficient (Wildman–Crippen LogP) is 4.58. The summed E-state index contributed by atoms with van der Waals surface area (Å²) in [5, 5.41) is 19.3. The van der Waals surface area contributed by atoms with E-state index in [9.17, 15) is 15.0 Å². The van der Waals surface area contributed by atoms with Crippen LogP contribution in [0.1, 0.15) is 74.4 Å². The van der Waals surface area contributed by atoms with Crippen LogP contribution >= 0.6 is 0 Å². The van der Waals surface area contributed by atoms with E-state index in [1.165, 1.54) is 0 Å². The Hall–Kier alpha value is -1.51. The van der Waals surface area contributed by atoms with E-state index in [1.54, 1.807) is 6.07 Å². The summed E-state index contributed by atoms with van der Waals surface area (Å²) < 4.78 is 0. The van der Waals surface area contributed by atoms with Gasteiger partial charge in [-0.2, -0.15) is 0 Å². The number of aryl methyl sites for hydroxylation is 1. The largest absolute Gasteiger partial charge is 0.507 e. The van der Waals surface area contributed by atoms with E-state index in [0.29, 0.717) is 5.92 Å². The number of carboxylic acid groups (broad SMARTS) is 1. The van der Waals surface area contributed by atoms with Gasteiger partial charge in [0, 0.05) is 0 Å². The van der Waals surface area contributed by atoms with E-state index in [-0.39, 0.29) is 17.2 Å². The minimum Gasteiger partial charge on any atom is -0.507 e. The van der Waals surface area contributed by atoms with Crippen molar-refractivity contribution in [2.75, 3.05) is 0 Å². The summed E-state index contributed by atoms with van der Waals surface area (Å²) in [6, 6.07) is 3.58. The van der Waals surface area contributed by atoms with Gasteiger partial charge in [-0.1, -0.05) is 40.2 Å². The molecule has 0 saturated heterocycles. The van der Waals surface area contributed by atoms with Gasteiger partial charge in [-0.25, -0.2) is 4.79 Å². The molecule has 0 spiro atoms. The maximum Gasteiger partial charge on any atom is 0.339 e. The second-order valence-corrected chi connectivity index (χ2v) is 5.98. The minimum absolute atomic E-state index is 0.0300. The Morgan fingerprint density at radius 3 is 2.40 bits per heavy atom. The number of carboxylic acids is 1. The standard InChI is InChI=1S/C17H26O3/c1-5-12(4)14-9-13(8-6-7-11(2)3)10-15(16(14)18)17(19)20/h9-12,18H,5-8H2,1-4H3,(H,19,20). The predicted molar refractivity (Wildman–Crippen MR) is 81.5 cm³/mol. The molecule has 2 N–H and O–H groups in total. The molecule has 1 rings (SSSR count). The normalized spacial score (nSPS) is 12.7. The van der Waals surface area contributed by atoms with Crippen LogP contribution < -0.4 is 0 Å². The summed E-state index contributed by atoms with van der Waals surface area (Å²) in [6.45, 7) is 8.42. The number of hydrogen-bond donors (Lipinski definition) is 2. The number of hydrogen-bond acceptors (Lipinski definition) is 2. The first-order valence-electron chi connectivity index (χ1n) is 7.45. The molecule has 0 heterocycles. The van der Waals surface area contributed by atoms with E-state index in [0.717, 1.165) is 36.8 Å². The average Bonchev–Trinajstić information content (AvgIpc) is 2.38. The molecule has 0 aliphatic rings. The Balaban J connectivity index is 3.06. The van der Waals surface area contributed by atoms with Gasteiger partial charge in [0.15, 0.2) is 0 Å². The Labute approximate surface area is 121 Å². The van der Waals surface area contributed by atoms with Crippen LogP contribution in [0.5, 0.6) is 5.75 Å². The molecule has 1 atom stereocenters. The fourth-order valence-corrected chi connectivity index (χ4v) is 2.34. The lowest BCUT2D eigenvalue weighted by molar-refractivity contribution is 0.0693. The summed E-state index contributed by atoms with van der Waals surface area (Å²) in [7, 11) is 0. The fourth-order valence-electron chi connectivity index (χ4n) is 2.34. The van der Waals surface area contributed by atoms with E-state index in [4.69, 9.17) is 0 Å². The number of rotatable bonds is 7.